The number of benzene rings is 4. The van der Waals surface area contributed by atoms with Gasteiger partial charge in [0.15, 0.2) is 0 Å². The van der Waals surface area contributed by atoms with Gasteiger partial charge in [-0.2, -0.15) is 0 Å². The number of carbonyl (C=O) groups is 1. The molecule has 1 fully saturated rings. The van der Waals surface area contributed by atoms with E-state index in [1.807, 2.05) is 35.2 Å². The molecule has 1 aliphatic heterocycles. The van der Waals surface area contributed by atoms with Crippen LogP contribution in [0.5, 0.6) is 5.75 Å². The summed E-state index contributed by atoms with van der Waals surface area (Å²) in [7, 11) is -2.16. The third kappa shape index (κ3) is 4.34. The van der Waals surface area contributed by atoms with Gasteiger partial charge < -0.3 is 9.64 Å². The predicted molar refractivity (Wildman–Crippen MR) is 147 cm³/mol. The number of methoxy groups -OCH3 is 1. The molecule has 194 valence electrons. The molecule has 0 bridgehead atoms. The summed E-state index contributed by atoms with van der Waals surface area (Å²) in [4.78, 5) is 17.6. The summed E-state index contributed by atoms with van der Waals surface area (Å²) < 4.78 is 35.2. The minimum Gasteiger partial charge on any atom is -0.497 e. The van der Waals surface area contributed by atoms with Gasteiger partial charge in [0.25, 0.3) is 5.91 Å². The van der Waals surface area contributed by atoms with Crippen LogP contribution in [0.3, 0.4) is 0 Å². The van der Waals surface area contributed by atoms with Crippen molar-refractivity contribution < 1.29 is 17.9 Å². The Morgan fingerprint density at radius 1 is 0.842 bits per heavy atom. The molecule has 38 heavy (non-hydrogen) atoms. The van der Waals surface area contributed by atoms with Gasteiger partial charge in [0.2, 0.25) is 10.0 Å². The monoisotopic (exact) mass is 527 g/mol. The Bertz CT molecular complexity index is 1590. The first-order valence-corrected chi connectivity index (χ1v) is 14.2. The molecule has 4 aromatic carbocycles. The molecule has 1 aliphatic carbocycles. The number of piperazine rings is 1. The number of ether oxygens (including phenoxy) is 1. The molecule has 1 amide bonds. The fourth-order valence-electron chi connectivity index (χ4n) is 5.77. The van der Waals surface area contributed by atoms with Crippen LogP contribution in [0.15, 0.2) is 95.9 Å². The van der Waals surface area contributed by atoms with E-state index in [4.69, 9.17) is 4.74 Å². The lowest BCUT2D eigenvalue weighted by molar-refractivity contribution is 0.0539. The zero-order chi connectivity index (χ0) is 26.3. The zero-order valence-electron chi connectivity index (χ0n) is 21.1. The van der Waals surface area contributed by atoms with Gasteiger partial charge in [-0.15, -0.1) is 0 Å². The van der Waals surface area contributed by atoms with Gasteiger partial charge >= 0.3 is 0 Å². The lowest BCUT2D eigenvalue weighted by Gasteiger charge is -2.40. The highest BCUT2D eigenvalue weighted by Gasteiger charge is 2.41. The zero-order valence-corrected chi connectivity index (χ0v) is 21.9. The summed E-state index contributed by atoms with van der Waals surface area (Å²) >= 11 is 0. The van der Waals surface area contributed by atoms with E-state index in [1.54, 1.807) is 49.6 Å². The Balaban J connectivity index is 1.29. The molecule has 0 aromatic heterocycles. The maximum Gasteiger partial charge on any atom is 0.254 e. The first-order valence-electron chi connectivity index (χ1n) is 12.7. The largest absolute Gasteiger partial charge is 0.497 e. The van der Waals surface area contributed by atoms with Gasteiger partial charge in [0, 0.05) is 31.7 Å². The third-order valence-electron chi connectivity index (χ3n) is 7.59. The van der Waals surface area contributed by atoms with Crippen molar-refractivity contribution in [1.82, 2.24) is 14.5 Å². The molecule has 0 saturated carbocycles. The molecular formula is C30H29N3O4S. The first kappa shape index (κ1) is 24.6. The molecule has 2 atom stereocenters. The number of nitrogens with zero attached hydrogens (tertiary/aromatic N) is 2. The van der Waals surface area contributed by atoms with Crippen molar-refractivity contribution in [3.05, 3.63) is 108 Å². The molecule has 0 spiro atoms. The van der Waals surface area contributed by atoms with Crippen LogP contribution in [-0.4, -0.2) is 57.4 Å². The van der Waals surface area contributed by atoms with Crippen molar-refractivity contribution >= 4 is 26.7 Å². The summed E-state index contributed by atoms with van der Waals surface area (Å²) in [6, 6.07) is 27.4. The quantitative estimate of drug-likeness (QED) is 0.403. The molecule has 7 nitrogen and oxygen atoms in total. The van der Waals surface area contributed by atoms with Crippen LogP contribution in [0.4, 0.5) is 0 Å². The standard InChI is InChI=1S/C30H29N3O4S/c1-37-23-11-5-10-22(20-23)30(34)33-18-16-32(17-19-33)29-26-15-7-9-21-8-6-14-25(27(21)26)28(29)31-38(35,36)24-12-3-2-4-13-24/h2-15,20,28-29,31H,16-19H2,1H3. The van der Waals surface area contributed by atoms with E-state index in [0.717, 1.165) is 21.9 Å². The third-order valence-corrected chi connectivity index (χ3v) is 9.04. The fraction of sp³-hybridized carbons (Fsp3) is 0.233. The van der Waals surface area contributed by atoms with Crippen molar-refractivity contribution in [3.63, 3.8) is 0 Å². The van der Waals surface area contributed by atoms with Crippen LogP contribution in [-0.2, 0) is 10.0 Å². The Morgan fingerprint density at radius 2 is 1.53 bits per heavy atom. The molecule has 1 N–H and O–H groups in total. The Labute approximate surface area is 222 Å². The van der Waals surface area contributed by atoms with E-state index < -0.39 is 16.1 Å². The number of rotatable bonds is 6. The van der Waals surface area contributed by atoms with E-state index in [1.165, 1.54) is 0 Å². The average molecular weight is 528 g/mol. The topological polar surface area (TPSA) is 79.0 Å². The van der Waals surface area contributed by atoms with Gasteiger partial charge in [-0.25, -0.2) is 13.1 Å². The Kier molecular flexibility index (Phi) is 6.39. The Morgan fingerprint density at radius 3 is 2.24 bits per heavy atom. The van der Waals surface area contributed by atoms with Crippen molar-refractivity contribution in [2.24, 2.45) is 0 Å². The highest BCUT2D eigenvalue weighted by Crippen LogP contribution is 2.47. The van der Waals surface area contributed by atoms with Crippen LogP contribution < -0.4 is 9.46 Å². The molecule has 8 heteroatoms. The van der Waals surface area contributed by atoms with E-state index in [9.17, 15) is 13.2 Å². The summed E-state index contributed by atoms with van der Waals surface area (Å²) in [5.74, 6) is 0.626. The van der Waals surface area contributed by atoms with Gasteiger partial charge in [0.1, 0.15) is 5.75 Å². The van der Waals surface area contributed by atoms with E-state index in [-0.39, 0.29) is 16.8 Å². The van der Waals surface area contributed by atoms with Crippen molar-refractivity contribution in [2.45, 2.75) is 17.0 Å². The van der Waals surface area contributed by atoms with Crippen molar-refractivity contribution in [2.75, 3.05) is 33.3 Å². The predicted octanol–water partition coefficient (Wildman–Crippen LogP) is 4.38. The van der Waals surface area contributed by atoms with Gasteiger partial charge in [-0.3, -0.25) is 9.69 Å². The van der Waals surface area contributed by atoms with E-state index in [0.29, 0.717) is 37.5 Å². The summed E-state index contributed by atoms with van der Waals surface area (Å²) in [6.45, 7) is 2.37. The lowest BCUT2D eigenvalue weighted by atomic mass is 10.0. The second-order valence-electron chi connectivity index (χ2n) is 9.71. The smallest absolute Gasteiger partial charge is 0.254 e. The van der Waals surface area contributed by atoms with E-state index >= 15 is 0 Å². The molecule has 1 heterocycles. The number of nitrogens with one attached hydrogen (secondary N) is 1. The minimum atomic E-state index is -3.75. The maximum atomic E-state index is 13.4. The number of hydrogen-bond acceptors (Lipinski definition) is 5. The fourth-order valence-corrected chi connectivity index (χ4v) is 7.01. The highest BCUT2D eigenvalue weighted by molar-refractivity contribution is 7.89. The molecular weight excluding hydrogens is 498 g/mol. The molecule has 2 unspecified atom stereocenters. The summed E-state index contributed by atoms with van der Waals surface area (Å²) in [6.07, 6.45) is 0. The van der Waals surface area contributed by atoms with Crippen LogP contribution in [0.25, 0.3) is 10.8 Å². The highest BCUT2D eigenvalue weighted by atomic mass is 32.2. The van der Waals surface area contributed by atoms with Gasteiger partial charge in [-0.1, -0.05) is 60.7 Å². The van der Waals surface area contributed by atoms with Crippen LogP contribution in [0.1, 0.15) is 33.6 Å². The Hall–Kier alpha value is -3.72. The number of amides is 1. The number of hydrogen-bond donors (Lipinski definition) is 1. The van der Waals surface area contributed by atoms with Crippen LogP contribution >= 0.6 is 0 Å². The first-order chi connectivity index (χ1) is 18.5. The van der Waals surface area contributed by atoms with Gasteiger partial charge in [0.05, 0.1) is 24.1 Å². The summed E-state index contributed by atoms with van der Waals surface area (Å²) in [5.41, 5.74) is 2.70. The minimum absolute atomic E-state index is 0.0262. The van der Waals surface area contributed by atoms with E-state index in [2.05, 4.69) is 27.8 Å². The van der Waals surface area contributed by atoms with Crippen molar-refractivity contribution in [1.29, 1.82) is 0 Å². The number of carbonyl (C=O) groups excluding carboxylic acids is 1. The average Bonchev–Trinajstić information content (AvgIpc) is 3.27. The molecule has 2 aliphatic rings. The SMILES string of the molecule is COc1cccc(C(=O)N2CCN(C3c4cccc5cccc(c45)C3NS(=O)(=O)c3ccccc3)CC2)c1. The lowest BCUT2D eigenvalue weighted by Crippen LogP contribution is -2.51. The maximum absolute atomic E-state index is 13.4. The van der Waals surface area contributed by atoms with Gasteiger partial charge in [-0.05, 0) is 52.2 Å². The molecule has 0 radical (unpaired) electrons. The second kappa shape index (κ2) is 9.87. The second-order valence-corrected chi connectivity index (χ2v) is 11.4. The summed E-state index contributed by atoms with van der Waals surface area (Å²) in [5, 5.41) is 2.20. The normalized spacial score (nSPS) is 19.6. The van der Waals surface area contributed by atoms with Crippen LogP contribution in [0, 0.1) is 0 Å². The number of sulfonamides is 1. The van der Waals surface area contributed by atoms with Crippen molar-refractivity contribution in [3.8, 4) is 5.75 Å². The van der Waals surface area contributed by atoms with Crippen LogP contribution in [0.2, 0.25) is 0 Å². The molecule has 6 rings (SSSR count). The molecule has 4 aromatic rings. The molecule has 1 saturated heterocycles.